The third-order valence-electron chi connectivity index (χ3n) is 4.03. The molecule has 3 heteroatoms. The number of fused-ring (bicyclic) bond motifs is 1. The highest BCUT2D eigenvalue weighted by Crippen LogP contribution is 2.27. The molecule has 1 aromatic heterocycles. The smallest absolute Gasteiger partial charge is 0.335 e. The van der Waals surface area contributed by atoms with E-state index in [1.54, 1.807) is 12.1 Å². The second-order valence-electron chi connectivity index (χ2n) is 5.34. The van der Waals surface area contributed by atoms with Crippen LogP contribution >= 0.6 is 0 Å². The molecule has 0 saturated heterocycles. The van der Waals surface area contributed by atoms with Crippen molar-refractivity contribution in [3.8, 4) is 0 Å². The summed E-state index contributed by atoms with van der Waals surface area (Å²) in [4.78, 5) is 11.1. The monoisotopic (exact) mass is 291 g/mol. The second-order valence-corrected chi connectivity index (χ2v) is 5.34. The number of hydrogen-bond donors (Lipinski definition) is 1. The average Bonchev–Trinajstić information content (AvgIpc) is 2.77. The molecule has 110 valence electrons. The van der Waals surface area contributed by atoms with Crippen LogP contribution in [0.3, 0.4) is 0 Å². The Labute approximate surface area is 129 Å². The van der Waals surface area contributed by atoms with E-state index < -0.39 is 5.97 Å². The van der Waals surface area contributed by atoms with E-state index >= 15 is 0 Å². The molecular formula is C19H17NO2. The maximum absolute atomic E-state index is 11.1. The fraction of sp³-hybridized carbons (Fsp3) is 0.105. The molecule has 0 amide bonds. The van der Waals surface area contributed by atoms with Gasteiger partial charge in [-0.25, -0.2) is 4.79 Å². The molecule has 0 aliphatic heterocycles. The number of hydrogen-bond acceptors (Lipinski definition) is 1. The molecule has 0 radical (unpaired) electrons. The molecule has 1 N–H and O–H groups in total. The van der Waals surface area contributed by atoms with E-state index in [0.717, 1.165) is 27.7 Å². The van der Waals surface area contributed by atoms with Crippen LogP contribution in [0.15, 0.2) is 48.5 Å². The number of carbonyl (C=O) groups is 1. The lowest BCUT2D eigenvalue weighted by Gasteiger charge is -2.02. The van der Waals surface area contributed by atoms with Gasteiger partial charge in [0.05, 0.1) is 11.1 Å². The fourth-order valence-electron chi connectivity index (χ4n) is 2.65. The zero-order valence-electron chi connectivity index (χ0n) is 12.6. The van der Waals surface area contributed by atoms with Crippen LogP contribution in [0.25, 0.3) is 23.2 Å². The molecule has 0 atom stereocenters. The van der Waals surface area contributed by atoms with Crippen LogP contribution < -0.4 is 0 Å². The van der Waals surface area contributed by atoms with Crippen LogP contribution in [0.2, 0.25) is 0 Å². The highest BCUT2D eigenvalue weighted by molar-refractivity contribution is 5.96. The molecular weight excluding hydrogens is 274 g/mol. The van der Waals surface area contributed by atoms with Gasteiger partial charge in [-0.1, -0.05) is 30.3 Å². The molecule has 22 heavy (non-hydrogen) atoms. The Morgan fingerprint density at radius 2 is 1.82 bits per heavy atom. The molecule has 3 nitrogen and oxygen atoms in total. The number of carboxylic acids is 1. The van der Waals surface area contributed by atoms with E-state index in [4.69, 9.17) is 5.11 Å². The fourth-order valence-corrected chi connectivity index (χ4v) is 2.65. The third kappa shape index (κ3) is 2.42. The number of carboxylic acid groups (broad SMARTS) is 1. The lowest BCUT2D eigenvalue weighted by molar-refractivity contribution is 0.0697. The molecule has 0 bridgehead atoms. The number of benzene rings is 2. The second kappa shape index (κ2) is 5.53. The van der Waals surface area contributed by atoms with Gasteiger partial charge in [-0.05, 0) is 49.2 Å². The zero-order valence-corrected chi connectivity index (χ0v) is 12.6. The maximum Gasteiger partial charge on any atom is 0.335 e. The summed E-state index contributed by atoms with van der Waals surface area (Å²) in [5, 5.41) is 10.1. The maximum atomic E-state index is 11.1. The van der Waals surface area contributed by atoms with Crippen molar-refractivity contribution in [2.75, 3.05) is 0 Å². The largest absolute Gasteiger partial charge is 0.478 e. The van der Waals surface area contributed by atoms with Crippen LogP contribution in [0.4, 0.5) is 0 Å². The minimum Gasteiger partial charge on any atom is -0.478 e. The molecule has 3 aromatic rings. The van der Waals surface area contributed by atoms with E-state index in [1.165, 1.54) is 0 Å². The lowest BCUT2D eigenvalue weighted by Crippen LogP contribution is -1.95. The standard InChI is InChI=1S/C19H17NO2/c1-13-14(2)20(11-10-15-6-4-3-5-7-15)18-9-8-16(19(21)22)12-17(13)18/h3-12H,1-2H3,(H,21,22). The highest BCUT2D eigenvalue weighted by atomic mass is 16.4. The van der Waals surface area contributed by atoms with Crippen LogP contribution in [0.1, 0.15) is 27.2 Å². The molecule has 0 fully saturated rings. The summed E-state index contributed by atoms with van der Waals surface area (Å²) in [7, 11) is 0. The van der Waals surface area contributed by atoms with Gasteiger partial charge < -0.3 is 9.67 Å². The molecule has 0 aliphatic carbocycles. The zero-order chi connectivity index (χ0) is 15.7. The third-order valence-corrected chi connectivity index (χ3v) is 4.03. The molecule has 0 aliphatic rings. The predicted octanol–water partition coefficient (Wildman–Crippen LogP) is 4.58. The SMILES string of the molecule is Cc1c(C)n(C=Cc2ccccc2)c2ccc(C(=O)O)cc12. The molecule has 0 saturated carbocycles. The van der Waals surface area contributed by atoms with Gasteiger partial charge in [0.15, 0.2) is 0 Å². The highest BCUT2D eigenvalue weighted by Gasteiger charge is 2.12. The summed E-state index contributed by atoms with van der Waals surface area (Å²) in [6, 6.07) is 15.4. The molecule has 1 heterocycles. The van der Waals surface area contributed by atoms with Crippen molar-refractivity contribution < 1.29 is 9.90 Å². The average molecular weight is 291 g/mol. The minimum absolute atomic E-state index is 0.319. The van der Waals surface area contributed by atoms with Crippen molar-refractivity contribution in [2.24, 2.45) is 0 Å². The quantitative estimate of drug-likeness (QED) is 0.767. The first-order valence-corrected chi connectivity index (χ1v) is 7.15. The predicted molar refractivity (Wildman–Crippen MR) is 90.0 cm³/mol. The van der Waals surface area contributed by atoms with E-state index in [-0.39, 0.29) is 0 Å². The van der Waals surface area contributed by atoms with Gasteiger partial charge >= 0.3 is 5.97 Å². The molecule has 0 unspecified atom stereocenters. The number of aryl methyl sites for hydroxylation is 1. The van der Waals surface area contributed by atoms with Gasteiger partial charge in [0.25, 0.3) is 0 Å². The van der Waals surface area contributed by atoms with E-state index in [9.17, 15) is 4.79 Å². The Morgan fingerprint density at radius 1 is 1.09 bits per heavy atom. The summed E-state index contributed by atoms with van der Waals surface area (Å²) in [6.07, 6.45) is 4.08. The first-order valence-electron chi connectivity index (χ1n) is 7.15. The van der Waals surface area contributed by atoms with Gasteiger partial charge in [-0.3, -0.25) is 0 Å². The number of rotatable bonds is 3. The van der Waals surface area contributed by atoms with Crippen molar-refractivity contribution in [3.63, 3.8) is 0 Å². The Bertz CT molecular complexity index is 873. The first kappa shape index (κ1) is 14.1. The molecule has 0 spiro atoms. The Balaban J connectivity index is 2.12. The summed E-state index contributed by atoms with van der Waals surface area (Å²) in [5.74, 6) is -0.897. The molecule has 3 rings (SSSR count). The number of aromatic carboxylic acids is 1. The van der Waals surface area contributed by atoms with Crippen molar-refractivity contribution in [1.82, 2.24) is 4.57 Å². The van der Waals surface area contributed by atoms with Crippen LogP contribution in [-0.2, 0) is 0 Å². The minimum atomic E-state index is -0.897. The van der Waals surface area contributed by atoms with Gasteiger partial charge in [0.2, 0.25) is 0 Å². The van der Waals surface area contributed by atoms with E-state index in [0.29, 0.717) is 5.56 Å². The Hall–Kier alpha value is -2.81. The van der Waals surface area contributed by atoms with E-state index in [1.807, 2.05) is 56.4 Å². The normalized spacial score (nSPS) is 11.4. The van der Waals surface area contributed by atoms with E-state index in [2.05, 4.69) is 10.6 Å². The van der Waals surface area contributed by atoms with Crippen molar-refractivity contribution in [2.45, 2.75) is 13.8 Å². The van der Waals surface area contributed by atoms with Gasteiger partial charge in [0.1, 0.15) is 0 Å². The van der Waals surface area contributed by atoms with Crippen molar-refractivity contribution >= 4 is 29.1 Å². The first-order chi connectivity index (χ1) is 10.6. The summed E-state index contributed by atoms with van der Waals surface area (Å²) >= 11 is 0. The van der Waals surface area contributed by atoms with Gasteiger partial charge in [-0.2, -0.15) is 0 Å². The summed E-state index contributed by atoms with van der Waals surface area (Å²) < 4.78 is 2.10. The summed E-state index contributed by atoms with van der Waals surface area (Å²) in [5.41, 5.74) is 4.69. The van der Waals surface area contributed by atoms with Crippen LogP contribution in [0, 0.1) is 13.8 Å². The summed E-state index contributed by atoms with van der Waals surface area (Å²) in [6.45, 7) is 4.07. The number of nitrogens with zero attached hydrogens (tertiary/aromatic N) is 1. The van der Waals surface area contributed by atoms with Crippen LogP contribution in [0.5, 0.6) is 0 Å². The topological polar surface area (TPSA) is 42.2 Å². The lowest BCUT2D eigenvalue weighted by atomic mass is 10.1. The van der Waals surface area contributed by atoms with Crippen LogP contribution in [-0.4, -0.2) is 15.6 Å². The van der Waals surface area contributed by atoms with Gasteiger partial charge in [0, 0.05) is 17.3 Å². The van der Waals surface area contributed by atoms with Gasteiger partial charge in [-0.15, -0.1) is 0 Å². The Morgan fingerprint density at radius 3 is 2.50 bits per heavy atom. The Kier molecular flexibility index (Phi) is 3.55. The van der Waals surface area contributed by atoms with Crippen molar-refractivity contribution in [1.29, 1.82) is 0 Å². The molecule has 2 aromatic carbocycles. The van der Waals surface area contributed by atoms with Crippen molar-refractivity contribution in [3.05, 3.63) is 70.9 Å². The number of aromatic nitrogens is 1.